The Bertz CT molecular complexity index is 748. The molecule has 0 bridgehead atoms. The summed E-state index contributed by atoms with van der Waals surface area (Å²) in [5.41, 5.74) is 6.87. The fourth-order valence-electron chi connectivity index (χ4n) is 2.68. The van der Waals surface area contributed by atoms with E-state index in [-0.39, 0.29) is 0 Å². The molecule has 1 atom stereocenters. The lowest BCUT2D eigenvalue weighted by Crippen LogP contribution is -1.85. The maximum Gasteiger partial charge on any atom is 0.310 e. The second kappa shape index (κ2) is 11.1. The Morgan fingerprint density at radius 2 is 1.12 bits per heavy atom. The monoisotopic (exact) mass is 351 g/mol. The van der Waals surface area contributed by atoms with E-state index in [0.29, 0.717) is 0 Å². The Kier molecular flexibility index (Phi) is 9.06. The van der Waals surface area contributed by atoms with Crippen molar-refractivity contribution in [3.8, 4) is 11.1 Å². The van der Waals surface area contributed by atoms with E-state index in [1.807, 2.05) is 54.6 Å². The molecule has 0 saturated carbocycles. The van der Waals surface area contributed by atoms with Crippen molar-refractivity contribution in [3.63, 3.8) is 0 Å². The molecule has 0 radical (unpaired) electrons. The lowest BCUT2D eigenvalue weighted by atomic mass is 10.0. The largest absolute Gasteiger partial charge is 0.310 e. The van der Waals surface area contributed by atoms with Gasteiger partial charge in [-0.2, -0.15) is 0 Å². The van der Waals surface area contributed by atoms with Crippen molar-refractivity contribution in [2.45, 2.75) is 20.8 Å². The molecule has 3 aromatic carbocycles. The highest BCUT2D eigenvalue weighted by molar-refractivity contribution is 7.00. The van der Waals surface area contributed by atoms with Crippen LogP contribution in [0.4, 0.5) is 0 Å². The number of hydrogen-bond acceptors (Lipinski definition) is 2. The molecule has 0 heterocycles. The lowest BCUT2D eigenvalue weighted by molar-refractivity contribution is 0.112. The molecule has 25 heavy (non-hydrogen) atoms. The van der Waals surface area contributed by atoms with Crippen molar-refractivity contribution in [2.24, 2.45) is 0 Å². The summed E-state index contributed by atoms with van der Waals surface area (Å²) in [6, 6.07) is 24.1. The minimum Gasteiger partial charge on any atom is -0.298 e. The Labute approximate surface area is 152 Å². The summed E-state index contributed by atoms with van der Waals surface area (Å²) in [6.45, 7) is 6.38. The van der Waals surface area contributed by atoms with Gasteiger partial charge in [-0.15, -0.1) is 0 Å². The van der Waals surface area contributed by atoms with Crippen LogP contribution in [0.1, 0.15) is 27.0 Å². The Balaban J connectivity index is 0.000000246. The van der Waals surface area contributed by atoms with Crippen molar-refractivity contribution in [3.05, 3.63) is 95.1 Å². The highest BCUT2D eigenvalue weighted by Gasteiger charge is 2.01. The quantitative estimate of drug-likeness (QED) is 0.420. The van der Waals surface area contributed by atoms with E-state index in [2.05, 4.69) is 39.0 Å². The van der Waals surface area contributed by atoms with E-state index in [4.69, 9.17) is 4.57 Å². The number of benzene rings is 3. The molecule has 0 fully saturated rings. The summed E-state index contributed by atoms with van der Waals surface area (Å²) in [6.07, 6.45) is 0.891. The van der Waals surface area contributed by atoms with Crippen LogP contribution >= 0.6 is 9.12 Å². The zero-order chi connectivity index (χ0) is 18.7. The number of carbonyl (C=O) groups excluding carboxylic acids is 1. The third-order valence-electron chi connectivity index (χ3n) is 3.54. The van der Waals surface area contributed by atoms with Gasteiger partial charge < -0.3 is 0 Å². The Hall–Kier alpha value is -2.57. The van der Waals surface area contributed by atoms with Gasteiger partial charge in [0.05, 0.1) is 0 Å². The van der Waals surface area contributed by atoms with Gasteiger partial charge in [0, 0.05) is 5.56 Å². The summed E-state index contributed by atoms with van der Waals surface area (Å²) < 4.78 is 8.17. The SMILES string of the molecule is Cc1cc(C)cc(C)c1.O=Cc1ccccc1-c1ccccc1.O=[PH2+]. The molecule has 0 aromatic heterocycles. The summed E-state index contributed by atoms with van der Waals surface area (Å²) in [4.78, 5) is 10.8. The van der Waals surface area contributed by atoms with E-state index >= 15 is 0 Å². The van der Waals surface area contributed by atoms with Crippen molar-refractivity contribution >= 4 is 15.4 Å². The first-order chi connectivity index (χ1) is 12.1. The second-order valence-corrected chi connectivity index (χ2v) is 5.74. The minimum atomic E-state index is 0.735. The summed E-state index contributed by atoms with van der Waals surface area (Å²) in [7, 11) is 1.17. The molecule has 0 aliphatic carbocycles. The highest BCUT2D eigenvalue weighted by Crippen LogP contribution is 2.21. The van der Waals surface area contributed by atoms with Gasteiger partial charge in [-0.1, -0.05) is 94.1 Å². The standard InChI is InChI=1S/C13H10O.C9H12.H2OP/c14-10-12-8-4-5-9-13(12)11-6-2-1-3-7-11;1-7-4-8(2)6-9(3)5-7;1-2/h1-10H;4-6H,1-3H3;2H2/q;;+1. The fraction of sp³-hybridized carbons (Fsp3) is 0.136. The predicted octanol–water partition coefficient (Wildman–Crippen LogP) is 5.98. The molecule has 3 heteroatoms. The first kappa shape index (κ1) is 20.5. The molecule has 0 aliphatic rings. The molecular formula is C22H24O2P+. The molecule has 128 valence electrons. The summed E-state index contributed by atoms with van der Waals surface area (Å²) in [5.74, 6) is 0. The van der Waals surface area contributed by atoms with Gasteiger partial charge in [-0.3, -0.25) is 4.79 Å². The topological polar surface area (TPSA) is 34.1 Å². The van der Waals surface area contributed by atoms with Crippen LogP contribution < -0.4 is 0 Å². The normalized spacial score (nSPS) is 9.08. The van der Waals surface area contributed by atoms with Crippen LogP contribution in [0.25, 0.3) is 11.1 Å². The first-order valence-electron chi connectivity index (χ1n) is 7.98. The minimum absolute atomic E-state index is 0.735. The van der Waals surface area contributed by atoms with E-state index in [1.54, 1.807) is 0 Å². The molecule has 1 unspecified atom stereocenters. The maximum atomic E-state index is 10.8. The zero-order valence-electron chi connectivity index (χ0n) is 14.9. The summed E-state index contributed by atoms with van der Waals surface area (Å²) >= 11 is 0. The smallest absolute Gasteiger partial charge is 0.298 e. The van der Waals surface area contributed by atoms with Gasteiger partial charge in [0.1, 0.15) is 0 Å². The fourth-order valence-corrected chi connectivity index (χ4v) is 2.68. The lowest BCUT2D eigenvalue weighted by Gasteiger charge is -2.03. The third kappa shape index (κ3) is 6.82. The van der Waals surface area contributed by atoms with Gasteiger partial charge >= 0.3 is 9.12 Å². The van der Waals surface area contributed by atoms with Crippen LogP contribution in [0, 0.1) is 20.8 Å². The van der Waals surface area contributed by atoms with Crippen molar-refractivity contribution < 1.29 is 9.36 Å². The van der Waals surface area contributed by atoms with Gasteiger partial charge in [0.2, 0.25) is 0 Å². The molecule has 0 amide bonds. The van der Waals surface area contributed by atoms with Gasteiger partial charge in [0.15, 0.2) is 6.29 Å². The van der Waals surface area contributed by atoms with Crippen molar-refractivity contribution in [1.29, 1.82) is 0 Å². The molecule has 0 spiro atoms. The van der Waals surface area contributed by atoms with Crippen molar-refractivity contribution in [1.82, 2.24) is 0 Å². The van der Waals surface area contributed by atoms with Crippen LogP contribution in [0.15, 0.2) is 72.8 Å². The van der Waals surface area contributed by atoms with Crippen LogP contribution in [0.5, 0.6) is 0 Å². The first-order valence-corrected chi connectivity index (χ1v) is 8.45. The second-order valence-electron chi connectivity index (χ2n) is 5.74. The Morgan fingerprint density at radius 3 is 1.60 bits per heavy atom. The van der Waals surface area contributed by atoms with Crippen LogP contribution in [0.2, 0.25) is 0 Å². The number of carbonyl (C=O) groups is 1. The number of rotatable bonds is 2. The molecule has 2 nitrogen and oxygen atoms in total. The van der Waals surface area contributed by atoms with Gasteiger partial charge in [-0.05, 0) is 31.9 Å². The molecule has 0 N–H and O–H groups in total. The number of aryl methyl sites for hydroxylation is 3. The molecule has 0 saturated heterocycles. The van der Waals surface area contributed by atoms with Crippen LogP contribution in [-0.2, 0) is 4.57 Å². The Morgan fingerprint density at radius 1 is 0.680 bits per heavy atom. The zero-order valence-corrected chi connectivity index (χ0v) is 16.1. The maximum absolute atomic E-state index is 10.8. The van der Waals surface area contributed by atoms with Crippen molar-refractivity contribution in [2.75, 3.05) is 0 Å². The number of hydrogen-bond donors (Lipinski definition) is 0. The van der Waals surface area contributed by atoms with Gasteiger partial charge in [0.25, 0.3) is 0 Å². The predicted molar refractivity (Wildman–Crippen MR) is 108 cm³/mol. The average Bonchev–Trinajstić information content (AvgIpc) is 2.63. The average molecular weight is 351 g/mol. The molecule has 3 rings (SSSR count). The molecule has 0 aliphatic heterocycles. The van der Waals surface area contributed by atoms with E-state index in [0.717, 1.165) is 23.0 Å². The van der Waals surface area contributed by atoms with Crippen LogP contribution in [0.3, 0.4) is 0 Å². The molecule has 3 aromatic rings. The van der Waals surface area contributed by atoms with Crippen LogP contribution in [-0.4, -0.2) is 6.29 Å². The third-order valence-corrected chi connectivity index (χ3v) is 3.54. The van der Waals surface area contributed by atoms with E-state index in [9.17, 15) is 4.79 Å². The highest BCUT2D eigenvalue weighted by atomic mass is 31.0. The van der Waals surface area contributed by atoms with E-state index < -0.39 is 0 Å². The van der Waals surface area contributed by atoms with Gasteiger partial charge in [-0.25, -0.2) is 0 Å². The number of aldehydes is 1. The molecular weight excluding hydrogens is 327 g/mol. The summed E-state index contributed by atoms with van der Waals surface area (Å²) in [5, 5.41) is 0. The van der Waals surface area contributed by atoms with E-state index in [1.165, 1.54) is 25.8 Å².